The number of aryl methyl sites for hydroxylation is 1. The minimum Gasteiger partial charge on any atom is -0.493 e. The van der Waals surface area contributed by atoms with Crippen LogP contribution >= 0.6 is 11.6 Å². The van der Waals surface area contributed by atoms with E-state index in [1.54, 1.807) is 31.3 Å². The first kappa shape index (κ1) is 9.86. The third-order valence-electron chi connectivity index (χ3n) is 2.12. The van der Waals surface area contributed by atoms with Gasteiger partial charge in [0.1, 0.15) is 0 Å². The van der Waals surface area contributed by atoms with Crippen molar-refractivity contribution in [2.75, 3.05) is 0 Å². The fourth-order valence-corrected chi connectivity index (χ4v) is 1.62. The Morgan fingerprint density at radius 2 is 2.00 bits per heavy atom. The molecular weight excluding hydrogens is 216 g/mol. The van der Waals surface area contributed by atoms with Gasteiger partial charge in [-0.1, -0.05) is 23.7 Å². The maximum atomic E-state index is 11.6. The van der Waals surface area contributed by atoms with Crippen molar-refractivity contribution in [3.63, 3.8) is 0 Å². The Balaban J connectivity index is 2.75. The molecule has 0 aliphatic carbocycles. The summed E-state index contributed by atoms with van der Waals surface area (Å²) in [5, 5.41) is 9.99. The number of para-hydroxylation sites is 1. The number of imidazole rings is 1. The minimum atomic E-state index is -0.333. The number of aromatic nitrogens is 2. The van der Waals surface area contributed by atoms with Crippen LogP contribution in [0.3, 0.4) is 0 Å². The molecule has 1 N–H and O–H groups in total. The second-order valence-electron chi connectivity index (χ2n) is 3.17. The Labute approximate surface area is 91.0 Å². The van der Waals surface area contributed by atoms with E-state index in [4.69, 9.17) is 11.6 Å². The van der Waals surface area contributed by atoms with Gasteiger partial charge in [-0.15, -0.1) is 0 Å². The van der Waals surface area contributed by atoms with Crippen molar-refractivity contribution in [3.05, 3.63) is 46.0 Å². The molecule has 0 unspecified atom stereocenters. The molecule has 0 radical (unpaired) electrons. The summed E-state index contributed by atoms with van der Waals surface area (Å²) in [6.45, 7) is 0. The number of aromatic hydroxyl groups is 1. The van der Waals surface area contributed by atoms with E-state index in [0.29, 0.717) is 10.7 Å². The first-order chi connectivity index (χ1) is 7.11. The molecule has 0 atom stereocenters. The lowest BCUT2D eigenvalue weighted by Gasteiger charge is -2.04. The average Bonchev–Trinajstić information content (AvgIpc) is 2.43. The summed E-state index contributed by atoms with van der Waals surface area (Å²) < 4.78 is 2.45. The van der Waals surface area contributed by atoms with Gasteiger partial charge in [-0.3, -0.25) is 4.57 Å². The molecule has 15 heavy (non-hydrogen) atoms. The minimum absolute atomic E-state index is 0.129. The highest BCUT2D eigenvalue weighted by molar-refractivity contribution is 6.32. The van der Waals surface area contributed by atoms with Crippen LogP contribution in [0.25, 0.3) is 5.69 Å². The summed E-state index contributed by atoms with van der Waals surface area (Å²) in [6.07, 6.45) is 1.34. The quantitative estimate of drug-likeness (QED) is 0.799. The van der Waals surface area contributed by atoms with Crippen molar-refractivity contribution in [1.29, 1.82) is 0 Å². The van der Waals surface area contributed by atoms with E-state index in [9.17, 15) is 9.90 Å². The van der Waals surface area contributed by atoms with E-state index in [0.717, 1.165) is 4.57 Å². The molecule has 78 valence electrons. The maximum absolute atomic E-state index is 11.6. The molecule has 0 spiro atoms. The smallest absolute Gasteiger partial charge is 0.335 e. The summed E-state index contributed by atoms with van der Waals surface area (Å²) in [5.74, 6) is -0.129. The standard InChI is InChI=1S/C10H9ClN2O2/c1-12-6-9(14)13(10(12)15)8-5-3-2-4-7(8)11/h2-6,14H,1H3. The molecule has 0 aliphatic heterocycles. The zero-order valence-corrected chi connectivity index (χ0v) is 8.77. The lowest BCUT2D eigenvalue weighted by molar-refractivity contribution is 0.441. The first-order valence-electron chi connectivity index (χ1n) is 4.33. The monoisotopic (exact) mass is 224 g/mol. The topological polar surface area (TPSA) is 47.2 Å². The molecule has 2 rings (SSSR count). The molecule has 4 nitrogen and oxygen atoms in total. The molecule has 0 aliphatic rings. The van der Waals surface area contributed by atoms with Crippen molar-refractivity contribution >= 4 is 11.6 Å². The number of rotatable bonds is 1. The molecule has 0 bridgehead atoms. The number of hydrogen-bond donors (Lipinski definition) is 1. The van der Waals surface area contributed by atoms with Gasteiger partial charge in [-0.25, -0.2) is 9.36 Å². The van der Waals surface area contributed by atoms with Crippen molar-refractivity contribution in [1.82, 2.24) is 9.13 Å². The third-order valence-corrected chi connectivity index (χ3v) is 2.44. The van der Waals surface area contributed by atoms with E-state index in [2.05, 4.69) is 0 Å². The molecule has 0 saturated carbocycles. The second kappa shape index (κ2) is 3.47. The van der Waals surface area contributed by atoms with Crippen molar-refractivity contribution in [2.24, 2.45) is 7.05 Å². The van der Waals surface area contributed by atoms with Gasteiger partial charge in [0.05, 0.1) is 16.9 Å². The Bertz CT molecular complexity index is 557. The first-order valence-corrected chi connectivity index (χ1v) is 4.71. The maximum Gasteiger partial charge on any atom is 0.335 e. The van der Waals surface area contributed by atoms with Crippen LogP contribution in [0, 0.1) is 0 Å². The van der Waals surface area contributed by atoms with E-state index in [1.807, 2.05) is 0 Å². The van der Waals surface area contributed by atoms with E-state index < -0.39 is 0 Å². The van der Waals surface area contributed by atoms with Crippen LogP contribution in [-0.2, 0) is 7.05 Å². The summed E-state index contributed by atoms with van der Waals surface area (Å²) in [6, 6.07) is 6.84. The number of hydrogen-bond acceptors (Lipinski definition) is 2. The summed E-state index contributed by atoms with van der Waals surface area (Å²) in [7, 11) is 1.56. The summed E-state index contributed by atoms with van der Waals surface area (Å²) in [5.41, 5.74) is 0.142. The fourth-order valence-electron chi connectivity index (χ4n) is 1.40. The number of halogens is 1. The van der Waals surface area contributed by atoms with Crippen LogP contribution in [0.4, 0.5) is 0 Å². The molecule has 5 heteroatoms. The predicted octanol–water partition coefficient (Wildman–Crippen LogP) is 1.53. The lowest BCUT2D eigenvalue weighted by Crippen LogP contribution is -2.20. The summed E-state index contributed by atoms with van der Waals surface area (Å²) in [4.78, 5) is 11.6. The van der Waals surface area contributed by atoms with Gasteiger partial charge in [0.25, 0.3) is 0 Å². The Morgan fingerprint density at radius 1 is 1.33 bits per heavy atom. The molecule has 1 heterocycles. The van der Waals surface area contributed by atoms with E-state index in [1.165, 1.54) is 10.8 Å². The SMILES string of the molecule is Cn1cc(O)n(-c2ccccc2Cl)c1=O. The van der Waals surface area contributed by atoms with Gasteiger partial charge < -0.3 is 5.11 Å². The van der Waals surface area contributed by atoms with Crippen LogP contribution in [0.15, 0.2) is 35.3 Å². The fraction of sp³-hybridized carbons (Fsp3) is 0.100. The van der Waals surface area contributed by atoms with E-state index >= 15 is 0 Å². The third kappa shape index (κ3) is 1.53. The molecule has 1 aromatic carbocycles. The number of nitrogens with zero attached hydrogens (tertiary/aromatic N) is 2. The van der Waals surface area contributed by atoms with Crippen LogP contribution < -0.4 is 5.69 Å². The van der Waals surface area contributed by atoms with Crippen LogP contribution in [0.2, 0.25) is 5.02 Å². The largest absolute Gasteiger partial charge is 0.493 e. The van der Waals surface area contributed by atoms with Crippen LogP contribution in [0.1, 0.15) is 0 Å². The molecule has 0 amide bonds. The Kier molecular flexibility index (Phi) is 2.28. The van der Waals surface area contributed by atoms with E-state index in [-0.39, 0.29) is 11.6 Å². The molecule has 1 aromatic heterocycles. The zero-order valence-electron chi connectivity index (χ0n) is 8.01. The van der Waals surface area contributed by atoms with Gasteiger partial charge in [-0.2, -0.15) is 0 Å². The Morgan fingerprint density at radius 3 is 2.53 bits per heavy atom. The zero-order chi connectivity index (χ0) is 11.0. The predicted molar refractivity (Wildman–Crippen MR) is 57.7 cm³/mol. The molecule has 2 aromatic rings. The average molecular weight is 225 g/mol. The summed E-state index contributed by atoms with van der Waals surface area (Å²) >= 11 is 5.93. The van der Waals surface area contributed by atoms with Gasteiger partial charge in [0.15, 0.2) is 0 Å². The van der Waals surface area contributed by atoms with Gasteiger partial charge in [-0.05, 0) is 12.1 Å². The normalized spacial score (nSPS) is 10.5. The highest BCUT2D eigenvalue weighted by atomic mass is 35.5. The van der Waals surface area contributed by atoms with Gasteiger partial charge >= 0.3 is 5.69 Å². The highest BCUT2D eigenvalue weighted by Gasteiger charge is 2.11. The van der Waals surface area contributed by atoms with Crippen LogP contribution in [0.5, 0.6) is 5.88 Å². The van der Waals surface area contributed by atoms with Crippen molar-refractivity contribution < 1.29 is 5.11 Å². The second-order valence-corrected chi connectivity index (χ2v) is 3.57. The highest BCUT2D eigenvalue weighted by Crippen LogP contribution is 2.22. The molecule has 0 saturated heterocycles. The van der Waals surface area contributed by atoms with Crippen molar-refractivity contribution in [2.45, 2.75) is 0 Å². The van der Waals surface area contributed by atoms with Gasteiger partial charge in [0, 0.05) is 7.05 Å². The number of benzene rings is 1. The molecule has 0 fully saturated rings. The molecular formula is C10H9ClN2O2. The van der Waals surface area contributed by atoms with Crippen LogP contribution in [-0.4, -0.2) is 14.2 Å². The Hall–Kier alpha value is -1.68. The van der Waals surface area contributed by atoms with Gasteiger partial charge in [0.2, 0.25) is 5.88 Å². The lowest BCUT2D eigenvalue weighted by atomic mass is 10.3. The van der Waals surface area contributed by atoms with Crippen molar-refractivity contribution in [3.8, 4) is 11.6 Å².